The van der Waals surface area contributed by atoms with Crippen LogP contribution in [0.3, 0.4) is 0 Å². The number of fused-ring (bicyclic) bond motifs is 3. The second kappa shape index (κ2) is 11.0. The molecule has 1 amide bonds. The molecule has 1 aliphatic heterocycles. The summed E-state index contributed by atoms with van der Waals surface area (Å²) >= 11 is 0. The van der Waals surface area contributed by atoms with E-state index in [4.69, 9.17) is 9.72 Å². The summed E-state index contributed by atoms with van der Waals surface area (Å²) in [5.74, 6) is 0.892. The van der Waals surface area contributed by atoms with Crippen LogP contribution in [0.1, 0.15) is 61.2 Å². The first-order valence-corrected chi connectivity index (χ1v) is 13.5. The van der Waals surface area contributed by atoms with E-state index in [0.717, 1.165) is 40.4 Å². The highest BCUT2D eigenvalue weighted by atomic mass is 19.3. The summed E-state index contributed by atoms with van der Waals surface area (Å²) in [5.41, 5.74) is 3.05. The normalized spacial score (nSPS) is 17.8. The first-order chi connectivity index (χ1) is 19.1. The molecule has 212 valence electrons. The van der Waals surface area contributed by atoms with Crippen LogP contribution in [0.2, 0.25) is 0 Å². The van der Waals surface area contributed by atoms with Gasteiger partial charge in [0.1, 0.15) is 35.3 Å². The van der Waals surface area contributed by atoms with Crippen LogP contribution in [0.4, 0.5) is 24.7 Å². The SMILES string of the molecule is Cc1nc(N[C@H](C)c2cccc(C(F)F)c2F)c2cc(C3=CCC(C(=O)N(C)C)CC3)c3c(c2n1)N(C)CCO3. The standard InChI is InChI=1S/C30H34F3N5O2/c1-16(20-7-6-8-21(24(20)31)28(32)33)34-29-23-15-22(18-9-11-19(12-10-18)30(39)37(3)4)27-26(38(5)13-14-40-27)25(23)35-17(2)36-29/h6-9,15-16,19,28H,10-14H2,1-5H3,(H,34,35,36)/t16-,19?/m1/s1. The van der Waals surface area contributed by atoms with E-state index in [1.807, 2.05) is 13.1 Å². The predicted molar refractivity (Wildman–Crippen MR) is 150 cm³/mol. The Bertz CT molecular complexity index is 1490. The van der Waals surface area contributed by atoms with Crippen molar-refractivity contribution in [2.75, 3.05) is 44.5 Å². The van der Waals surface area contributed by atoms with Gasteiger partial charge in [-0.2, -0.15) is 0 Å². The number of nitrogens with one attached hydrogen (secondary N) is 1. The molecule has 7 nitrogen and oxygen atoms in total. The lowest BCUT2D eigenvalue weighted by Crippen LogP contribution is -2.31. The van der Waals surface area contributed by atoms with Crippen molar-refractivity contribution in [3.05, 3.63) is 58.7 Å². The number of allylic oxidation sites excluding steroid dienone is 2. The molecular weight excluding hydrogens is 519 g/mol. The molecular formula is C30H34F3N5O2. The van der Waals surface area contributed by atoms with Crippen molar-refractivity contribution in [3.8, 4) is 5.75 Å². The molecule has 0 radical (unpaired) electrons. The number of aryl methyl sites for hydroxylation is 1. The van der Waals surface area contributed by atoms with E-state index >= 15 is 0 Å². The Morgan fingerprint density at radius 2 is 1.98 bits per heavy atom. The van der Waals surface area contributed by atoms with E-state index in [1.165, 1.54) is 12.1 Å². The van der Waals surface area contributed by atoms with Crippen LogP contribution in [0.5, 0.6) is 5.75 Å². The van der Waals surface area contributed by atoms with Crippen molar-refractivity contribution >= 4 is 33.9 Å². The number of amides is 1. The van der Waals surface area contributed by atoms with Crippen LogP contribution in [0.15, 0.2) is 30.3 Å². The smallest absolute Gasteiger partial charge is 0.266 e. The fourth-order valence-corrected chi connectivity index (χ4v) is 5.61. The molecule has 1 unspecified atom stereocenters. The van der Waals surface area contributed by atoms with Gasteiger partial charge >= 0.3 is 0 Å². The lowest BCUT2D eigenvalue weighted by molar-refractivity contribution is -0.133. The van der Waals surface area contributed by atoms with Gasteiger partial charge in [0.2, 0.25) is 5.91 Å². The van der Waals surface area contributed by atoms with Crippen molar-refractivity contribution in [2.45, 2.75) is 45.6 Å². The minimum Gasteiger partial charge on any atom is -0.489 e. The van der Waals surface area contributed by atoms with Crippen molar-refractivity contribution in [1.82, 2.24) is 14.9 Å². The van der Waals surface area contributed by atoms with Crippen LogP contribution in [-0.4, -0.2) is 55.1 Å². The number of nitrogens with zero attached hydrogens (tertiary/aromatic N) is 4. The van der Waals surface area contributed by atoms with E-state index in [2.05, 4.69) is 21.3 Å². The summed E-state index contributed by atoms with van der Waals surface area (Å²) in [6, 6.07) is 5.39. The third-order valence-electron chi connectivity index (χ3n) is 7.75. The van der Waals surface area contributed by atoms with Crippen molar-refractivity contribution in [3.63, 3.8) is 0 Å². The van der Waals surface area contributed by atoms with Gasteiger partial charge in [0.05, 0.1) is 18.2 Å². The second-order valence-corrected chi connectivity index (χ2v) is 10.7. The quantitative estimate of drug-likeness (QED) is 0.387. The Morgan fingerprint density at radius 1 is 1.23 bits per heavy atom. The summed E-state index contributed by atoms with van der Waals surface area (Å²) in [4.78, 5) is 25.7. The van der Waals surface area contributed by atoms with E-state index in [0.29, 0.717) is 43.2 Å². The minimum atomic E-state index is -2.91. The number of alkyl halides is 2. The van der Waals surface area contributed by atoms with Gasteiger partial charge in [-0.1, -0.05) is 24.3 Å². The number of halogens is 3. The average molecular weight is 554 g/mol. The van der Waals surface area contributed by atoms with Gasteiger partial charge in [0, 0.05) is 43.6 Å². The summed E-state index contributed by atoms with van der Waals surface area (Å²) in [7, 11) is 5.54. The highest BCUT2D eigenvalue weighted by Crippen LogP contribution is 2.47. The third kappa shape index (κ3) is 5.07. The molecule has 0 bridgehead atoms. The zero-order valence-electron chi connectivity index (χ0n) is 23.4. The van der Waals surface area contributed by atoms with Gasteiger partial charge < -0.3 is 19.9 Å². The Labute approximate surface area is 232 Å². The number of hydrogen-bond donors (Lipinski definition) is 1. The molecule has 1 N–H and O–H groups in total. The van der Waals surface area contributed by atoms with E-state index in [-0.39, 0.29) is 17.4 Å². The number of rotatable bonds is 6. The monoisotopic (exact) mass is 553 g/mol. The summed E-state index contributed by atoms with van der Waals surface area (Å²) in [6.07, 6.45) is 1.30. The van der Waals surface area contributed by atoms with Gasteiger partial charge in [-0.25, -0.2) is 23.1 Å². The number of carbonyl (C=O) groups is 1. The fraction of sp³-hybridized carbons (Fsp3) is 0.433. The molecule has 0 saturated heterocycles. The summed E-state index contributed by atoms with van der Waals surface area (Å²) in [6.45, 7) is 4.71. The third-order valence-corrected chi connectivity index (χ3v) is 7.75. The van der Waals surface area contributed by atoms with Crippen LogP contribution < -0.4 is 15.0 Å². The van der Waals surface area contributed by atoms with Crippen molar-refractivity contribution in [2.24, 2.45) is 5.92 Å². The second-order valence-electron chi connectivity index (χ2n) is 10.7. The van der Waals surface area contributed by atoms with Gasteiger partial charge in [-0.3, -0.25) is 4.79 Å². The molecule has 2 atom stereocenters. The summed E-state index contributed by atoms with van der Waals surface area (Å²) < 4.78 is 47.9. The number of benzene rings is 2. The highest BCUT2D eigenvalue weighted by molar-refractivity contribution is 6.04. The first kappa shape index (κ1) is 27.7. The van der Waals surface area contributed by atoms with Gasteiger partial charge in [-0.05, 0) is 44.7 Å². The van der Waals surface area contributed by atoms with E-state index in [9.17, 15) is 18.0 Å². The summed E-state index contributed by atoms with van der Waals surface area (Å²) in [5, 5.41) is 3.99. The Morgan fingerprint density at radius 3 is 2.65 bits per heavy atom. The Hall–Kier alpha value is -3.82. The topological polar surface area (TPSA) is 70.6 Å². The number of carbonyl (C=O) groups excluding carboxylic acids is 1. The zero-order valence-corrected chi connectivity index (χ0v) is 23.4. The predicted octanol–water partition coefficient (Wildman–Crippen LogP) is 6.29. The maximum absolute atomic E-state index is 15.0. The van der Waals surface area contributed by atoms with Gasteiger partial charge in [0.15, 0.2) is 5.75 Å². The maximum Gasteiger partial charge on any atom is 0.266 e. The maximum atomic E-state index is 15.0. The Balaban J connectivity index is 1.61. The first-order valence-electron chi connectivity index (χ1n) is 13.5. The van der Waals surface area contributed by atoms with Crippen LogP contribution in [0, 0.1) is 18.7 Å². The lowest BCUT2D eigenvalue weighted by Gasteiger charge is -2.32. The number of aromatic nitrogens is 2. The van der Waals surface area contributed by atoms with Crippen LogP contribution >= 0.6 is 0 Å². The molecule has 1 aromatic heterocycles. The molecule has 2 heterocycles. The number of ether oxygens (including phenoxy) is 1. The molecule has 0 fully saturated rings. The van der Waals surface area contributed by atoms with Crippen LogP contribution in [-0.2, 0) is 4.79 Å². The Kier molecular flexibility index (Phi) is 7.61. The molecule has 2 aliphatic rings. The van der Waals surface area contributed by atoms with E-state index < -0.39 is 23.8 Å². The number of hydrogen-bond acceptors (Lipinski definition) is 6. The molecule has 5 rings (SSSR count). The minimum absolute atomic E-state index is 0.0541. The highest BCUT2D eigenvalue weighted by Gasteiger charge is 2.30. The average Bonchev–Trinajstić information content (AvgIpc) is 2.92. The largest absolute Gasteiger partial charge is 0.489 e. The zero-order chi connectivity index (χ0) is 28.7. The van der Waals surface area contributed by atoms with E-state index in [1.54, 1.807) is 32.8 Å². The molecule has 3 aromatic rings. The van der Waals surface area contributed by atoms with Crippen LogP contribution in [0.25, 0.3) is 16.5 Å². The number of likely N-dealkylation sites (N-methyl/N-ethyl adjacent to an activating group) is 1. The fourth-order valence-electron chi connectivity index (χ4n) is 5.61. The molecule has 10 heteroatoms. The molecule has 2 aromatic carbocycles. The molecule has 40 heavy (non-hydrogen) atoms. The van der Waals surface area contributed by atoms with Crippen molar-refractivity contribution in [1.29, 1.82) is 0 Å². The van der Waals surface area contributed by atoms with Crippen molar-refractivity contribution < 1.29 is 22.7 Å². The van der Waals surface area contributed by atoms with Gasteiger partial charge in [-0.15, -0.1) is 0 Å². The molecule has 0 saturated carbocycles. The molecule has 1 aliphatic carbocycles. The van der Waals surface area contributed by atoms with Gasteiger partial charge in [0.25, 0.3) is 6.43 Å². The molecule has 0 spiro atoms. The lowest BCUT2D eigenvalue weighted by atomic mass is 9.85. The number of anilines is 2.